The van der Waals surface area contributed by atoms with Gasteiger partial charge in [0.25, 0.3) is 0 Å². The molecule has 122 valence electrons. The molecule has 0 radical (unpaired) electrons. The van der Waals surface area contributed by atoms with E-state index in [9.17, 15) is 0 Å². The summed E-state index contributed by atoms with van der Waals surface area (Å²) in [6.07, 6.45) is 2.42. The molecule has 6 heteroatoms. The van der Waals surface area contributed by atoms with Gasteiger partial charge in [0, 0.05) is 38.3 Å². The Morgan fingerprint density at radius 1 is 1.18 bits per heavy atom. The van der Waals surface area contributed by atoms with E-state index >= 15 is 0 Å². The van der Waals surface area contributed by atoms with Crippen LogP contribution in [0.15, 0.2) is 6.07 Å². The smallest absolute Gasteiger partial charge is 0.134 e. The van der Waals surface area contributed by atoms with Gasteiger partial charge in [0.15, 0.2) is 0 Å². The van der Waals surface area contributed by atoms with E-state index in [1.165, 1.54) is 12.8 Å². The maximum absolute atomic E-state index is 5.84. The van der Waals surface area contributed by atoms with E-state index in [0.29, 0.717) is 11.9 Å². The van der Waals surface area contributed by atoms with Crippen LogP contribution in [-0.2, 0) is 4.74 Å². The summed E-state index contributed by atoms with van der Waals surface area (Å²) in [7, 11) is 0. The van der Waals surface area contributed by atoms with E-state index in [1.54, 1.807) is 0 Å². The quantitative estimate of drug-likeness (QED) is 0.908. The first-order chi connectivity index (χ1) is 10.6. The van der Waals surface area contributed by atoms with Gasteiger partial charge in [-0.25, -0.2) is 9.97 Å². The number of hydrogen-bond donors (Lipinski definition) is 1. The Bertz CT molecular complexity index is 475. The SMILES string of the molecule is Cc1nc(N)cc(N2CCC(C(C)N3CCOCC3)CC2)n1. The van der Waals surface area contributed by atoms with Crippen LogP contribution in [0.1, 0.15) is 25.6 Å². The van der Waals surface area contributed by atoms with Crippen molar-refractivity contribution in [1.29, 1.82) is 0 Å². The number of nitrogen functional groups attached to an aromatic ring is 1. The molecule has 2 aliphatic heterocycles. The number of nitrogens with zero attached hydrogens (tertiary/aromatic N) is 4. The van der Waals surface area contributed by atoms with Gasteiger partial charge < -0.3 is 15.4 Å². The fourth-order valence-corrected chi connectivity index (χ4v) is 3.63. The van der Waals surface area contributed by atoms with Crippen molar-refractivity contribution in [3.05, 3.63) is 11.9 Å². The molecule has 0 spiro atoms. The second-order valence-electron chi connectivity index (χ2n) is 6.41. The normalized spacial score (nSPS) is 22.7. The van der Waals surface area contributed by atoms with Crippen LogP contribution in [-0.4, -0.2) is 60.3 Å². The molecule has 0 amide bonds. The summed E-state index contributed by atoms with van der Waals surface area (Å²) in [6, 6.07) is 2.53. The van der Waals surface area contributed by atoms with Crippen LogP contribution in [0.25, 0.3) is 0 Å². The van der Waals surface area contributed by atoms with E-state index < -0.39 is 0 Å². The summed E-state index contributed by atoms with van der Waals surface area (Å²) >= 11 is 0. The van der Waals surface area contributed by atoms with Crippen LogP contribution >= 0.6 is 0 Å². The van der Waals surface area contributed by atoms with Crippen molar-refractivity contribution in [3.8, 4) is 0 Å². The lowest BCUT2D eigenvalue weighted by molar-refractivity contribution is 0.00448. The zero-order valence-corrected chi connectivity index (χ0v) is 13.7. The Hall–Kier alpha value is -1.40. The van der Waals surface area contributed by atoms with Crippen LogP contribution < -0.4 is 10.6 Å². The Labute approximate surface area is 132 Å². The van der Waals surface area contributed by atoms with E-state index in [4.69, 9.17) is 10.5 Å². The first-order valence-corrected chi connectivity index (χ1v) is 8.31. The Morgan fingerprint density at radius 3 is 2.50 bits per heavy atom. The van der Waals surface area contributed by atoms with Crippen LogP contribution in [0.4, 0.5) is 11.6 Å². The molecule has 3 heterocycles. The van der Waals surface area contributed by atoms with Crippen molar-refractivity contribution in [2.45, 2.75) is 32.7 Å². The lowest BCUT2D eigenvalue weighted by Gasteiger charge is -2.41. The van der Waals surface area contributed by atoms with E-state index in [1.807, 2.05) is 13.0 Å². The zero-order valence-electron chi connectivity index (χ0n) is 13.7. The summed E-state index contributed by atoms with van der Waals surface area (Å²) in [4.78, 5) is 13.6. The van der Waals surface area contributed by atoms with E-state index in [-0.39, 0.29) is 0 Å². The lowest BCUT2D eigenvalue weighted by atomic mass is 9.89. The van der Waals surface area contributed by atoms with Crippen molar-refractivity contribution in [3.63, 3.8) is 0 Å². The van der Waals surface area contributed by atoms with Crippen LogP contribution in [0.3, 0.4) is 0 Å². The number of nitrogens with two attached hydrogens (primary N) is 1. The van der Waals surface area contributed by atoms with Crippen LogP contribution in [0, 0.1) is 12.8 Å². The van der Waals surface area contributed by atoms with Gasteiger partial charge >= 0.3 is 0 Å². The van der Waals surface area contributed by atoms with E-state index in [2.05, 4.69) is 26.7 Å². The Kier molecular flexibility index (Phi) is 4.78. The third-order valence-electron chi connectivity index (χ3n) is 5.01. The number of aromatic nitrogens is 2. The third kappa shape index (κ3) is 3.50. The predicted octanol–water partition coefficient (Wildman–Crippen LogP) is 1.30. The van der Waals surface area contributed by atoms with Crippen molar-refractivity contribution in [2.24, 2.45) is 5.92 Å². The molecule has 0 aliphatic carbocycles. The molecule has 2 saturated heterocycles. The second kappa shape index (κ2) is 6.79. The lowest BCUT2D eigenvalue weighted by Crippen LogP contribution is -2.48. The molecule has 2 aliphatic rings. The molecule has 3 rings (SSSR count). The summed E-state index contributed by atoms with van der Waals surface area (Å²) < 4.78 is 5.46. The molecule has 0 aromatic carbocycles. The van der Waals surface area contributed by atoms with Crippen LogP contribution in [0.2, 0.25) is 0 Å². The highest BCUT2D eigenvalue weighted by Crippen LogP contribution is 2.27. The van der Waals surface area contributed by atoms with Crippen molar-refractivity contribution in [1.82, 2.24) is 14.9 Å². The van der Waals surface area contributed by atoms with Crippen molar-refractivity contribution in [2.75, 3.05) is 50.0 Å². The average Bonchev–Trinajstić information content (AvgIpc) is 2.54. The van der Waals surface area contributed by atoms with Gasteiger partial charge in [0.05, 0.1) is 13.2 Å². The molecule has 1 atom stereocenters. The molecule has 0 bridgehead atoms. The zero-order chi connectivity index (χ0) is 15.5. The standard InChI is InChI=1S/C16H27N5O/c1-12(20-7-9-22-10-8-20)14-3-5-21(6-4-14)16-11-15(17)18-13(2)19-16/h11-12,14H,3-10H2,1-2H3,(H2,17,18,19). The third-order valence-corrected chi connectivity index (χ3v) is 5.01. The first kappa shape index (κ1) is 15.5. The Balaban J connectivity index is 1.57. The fraction of sp³-hybridized carbons (Fsp3) is 0.750. The highest BCUT2D eigenvalue weighted by Gasteiger charge is 2.29. The topological polar surface area (TPSA) is 67.5 Å². The largest absolute Gasteiger partial charge is 0.384 e. The molecule has 22 heavy (non-hydrogen) atoms. The molecule has 6 nitrogen and oxygen atoms in total. The first-order valence-electron chi connectivity index (χ1n) is 8.31. The molecule has 1 aromatic rings. The second-order valence-corrected chi connectivity index (χ2v) is 6.41. The van der Waals surface area contributed by atoms with E-state index in [0.717, 1.165) is 57.0 Å². The molecule has 2 fully saturated rings. The summed E-state index contributed by atoms with van der Waals surface area (Å²) in [5.41, 5.74) is 5.84. The van der Waals surface area contributed by atoms with Gasteiger partial charge in [-0.05, 0) is 32.6 Å². The Morgan fingerprint density at radius 2 is 1.86 bits per heavy atom. The monoisotopic (exact) mass is 305 g/mol. The maximum atomic E-state index is 5.84. The molecule has 1 aromatic heterocycles. The van der Waals surface area contributed by atoms with Crippen molar-refractivity contribution >= 4 is 11.6 Å². The molecule has 0 saturated carbocycles. The minimum atomic E-state index is 0.561. The molecule has 1 unspecified atom stereocenters. The highest BCUT2D eigenvalue weighted by atomic mass is 16.5. The van der Waals surface area contributed by atoms with Gasteiger partial charge in [0.1, 0.15) is 17.5 Å². The average molecular weight is 305 g/mol. The van der Waals surface area contributed by atoms with Crippen molar-refractivity contribution < 1.29 is 4.74 Å². The van der Waals surface area contributed by atoms with Gasteiger partial charge in [0.2, 0.25) is 0 Å². The molecular weight excluding hydrogens is 278 g/mol. The van der Waals surface area contributed by atoms with Crippen LogP contribution in [0.5, 0.6) is 0 Å². The number of rotatable bonds is 3. The van der Waals surface area contributed by atoms with Gasteiger partial charge in [-0.1, -0.05) is 0 Å². The van der Waals surface area contributed by atoms with Gasteiger partial charge in [-0.2, -0.15) is 0 Å². The summed E-state index contributed by atoms with van der Waals surface area (Å²) in [5.74, 6) is 3.04. The highest BCUT2D eigenvalue weighted by molar-refractivity contribution is 5.47. The van der Waals surface area contributed by atoms with Gasteiger partial charge in [-0.3, -0.25) is 4.90 Å². The molecular formula is C16H27N5O. The number of aryl methyl sites for hydroxylation is 1. The minimum Gasteiger partial charge on any atom is -0.384 e. The number of anilines is 2. The number of ether oxygens (including phenoxy) is 1. The maximum Gasteiger partial charge on any atom is 0.134 e. The number of hydrogen-bond acceptors (Lipinski definition) is 6. The summed E-state index contributed by atoms with van der Waals surface area (Å²) in [5, 5.41) is 0. The fourth-order valence-electron chi connectivity index (χ4n) is 3.63. The van der Waals surface area contributed by atoms with Gasteiger partial charge in [-0.15, -0.1) is 0 Å². The predicted molar refractivity (Wildman–Crippen MR) is 88.0 cm³/mol. The molecule has 2 N–H and O–H groups in total. The number of piperidine rings is 1. The minimum absolute atomic E-state index is 0.561. The number of morpholine rings is 1. The summed E-state index contributed by atoms with van der Waals surface area (Å²) in [6.45, 7) is 10.3.